The Morgan fingerprint density at radius 1 is 1.50 bits per heavy atom. The lowest BCUT2D eigenvalue weighted by Crippen LogP contribution is -2.17. The molecule has 0 fully saturated rings. The van der Waals surface area contributed by atoms with Crippen molar-refractivity contribution in [3.05, 3.63) is 41.1 Å². The molecule has 0 saturated heterocycles. The SMILES string of the molecule is C=C(/C=C\C(=C/CC)NC(C)=O)N=O. The number of allylic oxidation sites excluding steroid dienone is 3. The predicted octanol–water partition coefficient (Wildman–Crippen LogP) is 2.25. The Balaban J connectivity index is 4.45. The van der Waals surface area contributed by atoms with E-state index in [0.717, 1.165) is 6.42 Å². The van der Waals surface area contributed by atoms with Crippen LogP contribution >= 0.6 is 0 Å². The fourth-order valence-corrected chi connectivity index (χ4v) is 0.800. The van der Waals surface area contributed by atoms with E-state index in [4.69, 9.17) is 0 Å². The topological polar surface area (TPSA) is 58.5 Å². The van der Waals surface area contributed by atoms with E-state index in [2.05, 4.69) is 17.1 Å². The molecule has 4 nitrogen and oxygen atoms in total. The lowest BCUT2D eigenvalue weighted by Gasteiger charge is -2.01. The maximum atomic E-state index is 10.7. The van der Waals surface area contributed by atoms with Crippen molar-refractivity contribution in [2.45, 2.75) is 20.3 Å². The number of rotatable bonds is 5. The lowest BCUT2D eigenvalue weighted by molar-refractivity contribution is -0.118. The Morgan fingerprint density at radius 2 is 2.14 bits per heavy atom. The lowest BCUT2D eigenvalue weighted by atomic mass is 10.3. The van der Waals surface area contributed by atoms with Crippen molar-refractivity contribution in [3.8, 4) is 0 Å². The van der Waals surface area contributed by atoms with Crippen LogP contribution in [0.15, 0.2) is 41.4 Å². The first kappa shape index (κ1) is 12.3. The van der Waals surface area contributed by atoms with Gasteiger partial charge in [0.2, 0.25) is 5.91 Å². The fourth-order valence-electron chi connectivity index (χ4n) is 0.800. The second-order valence-corrected chi connectivity index (χ2v) is 2.66. The van der Waals surface area contributed by atoms with E-state index in [9.17, 15) is 9.70 Å². The molecule has 1 N–H and O–H groups in total. The molecule has 0 aromatic rings. The maximum absolute atomic E-state index is 10.7. The summed E-state index contributed by atoms with van der Waals surface area (Å²) in [4.78, 5) is 20.7. The van der Waals surface area contributed by atoms with Gasteiger partial charge in [0.15, 0.2) is 0 Å². The molecule has 0 aromatic heterocycles. The Bertz CT molecular complexity index is 290. The maximum Gasteiger partial charge on any atom is 0.221 e. The normalized spacial score (nSPS) is 11.4. The highest BCUT2D eigenvalue weighted by atomic mass is 16.3. The van der Waals surface area contributed by atoms with Gasteiger partial charge in [-0.1, -0.05) is 19.6 Å². The summed E-state index contributed by atoms with van der Waals surface area (Å²) >= 11 is 0. The van der Waals surface area contributed by atoms with Crippen LogP contribution in [0.1, 0.15) is 20.3 Å². The zero-order chi connectivity index (χ0) is 11.0. The van der Waals surface area contributed by atoms with Crippen molar-refractivity contribution in [1.82, 2.24) is 5.32 Å². The summed E-state index contributed by atoms with van der Waals surface area (Å²) in [6.45, 7) is 6.75. The summed E-state index contributed by atoms with van der Waals surface area (Å²) in [7, 11) is 0. The van der Waals surface area contributed by atoms with Crippen LogP contribution in [-0.2, 0) is 4.79 Å². The highest BCUT2D eigenvalue weighted by Gasteiger charge is 1.94. The Morgan fingerprint density at radius 3 is 2.57 bits per heavy atom. The molecule has 1 amide bonds. The van der Waals surface area contributed by atoms with Crippen LogP contribution in [0.25, 0.3) is 0 Å². The molecule has 0 aliphatic heterocycles. The first-order valence-corrected chi connectivity index (χ1v) is 4.28. The van der Waals surface area contributed by atoms with Crippen LogP contribution < -0.4 is 5.32 Å². The smallest absolute Gasteiger partial charge is 0.221 e. The third-order valence-electron chi connectivity index (χ3n) is 1.32. The number of nitroso groups, excluding NO2 is 1. The molecule has 0 heterocycles. The number of nitrogens with one attached hydrogen (secondary N) is 1. The number of amides is 1. The van der Waals surface area contributed by atoms with Gasteiger partial charge in [0.25, 0.3) is 0 Å². The molecule has 0 rings (SSSR count). The summed E-state index contributed by atoms with van der Waals surface area (Å²) in [5, 5.41) is 5.24. The van der Waals surface area contributed by atoms with E-state index in [-0.39, 0.29) is 11.6 Å². The predicted molar refractivity (Wildman–Crippen MR) is 56.3 cm³/mol. The average molecular weight is 194 g/mol. The van der Waals surface area contributed by atoms with Crippen molar-refractivity contribution in [1.29, 1.82) is 0 Å². The summed E-state index contributed by atoms with van der Waals surface area (Å²) in [5.74, 6) is -0.154. The van der Waals surface area contributed by atoms with Gasteiger partial charge >= 0.3 is 0 Å². The Hall–Kier alpha value is -1.71. The van der Waals surface area contributed by atoms with Crippen molar-refractivity contribution in [2.75, 3.05) is 0 Å². The van der Waals surface area contributed by atoms with Gasteiger partial charge in [-0.3, -0.25) is 4.79 Å². The third-order valence-corrected chi connectivity index (χ3v) is 1.32. The van der Waals surface area contributed by atoms with Gasteiger partial charge in [0.1, 0.15) is 5.70 Å². The van der Waals surface area contributed by atoms with Crippen LogP contribution in [0.5, 0.6) is 0 Å². The minimum absolute atomic E-state index is 0.123. The molecule has 0 aliphatic rings. The van der Waals surface area contributed by atoms with E-state index in [1.807, 2.05) is 13.0 Å². The summed E-state index contributed by atoms with van der Waals surface area (Å²) < 4.78 is 0. The molecule has 0 radical (unpaired) electrons. The zero-order valence-corrected chi connectivity index (χ0v) is 8.41. The molecule has 0 aliphatic carbocycles. The minimum Gasteiger partial charge on any atom is -0.327 e. The van der Waals surface area contributed by atoms with Gasteiger partial charge in [0, 0.05) is 12.6 Å². The number of hydrogen-bond acceptors (Lipinski definition) is 3. The number of hydrogen-bond donors (Lipinski definition) is 1. The van der Waals surface area contributed by atoms with Gasteiger partial charge in [-0.15, -0.1) is 4.91 Å². The number of nitrogens with zero attached hydrogens (tertiary/aromatic N) is 1. The summed E-state index contributed by atoms with van der Waals surface area (Å²) in [6.07, 6.45) is 5.66. The molecular formula is C10H14N2O2. The quantitative estimate of drug-likeness (QED) is 0.539. The third kappa shape index (κ3) is 5.88. The van der Waals surface area contributed by atoms with Gasteiger partial charge in [-0.25, -0.2) is 0 Å². The fraction of sp³-hybridized carbons (Fsp3) is 0.300. The van der Waals surface area contributed by atoms with Gasteiger partial charge in [-0.05, 0) is 23.7 Å². The van der Waals surface area contributed by atoms with Crippen LogP contribution in [0.2, 0.25) is 0 Å². The van der Waals surface area contributed by atoms with Crippen LogP contribution in [-0.4, -0.2) is 5.91 Å². The van der Waals surface area contributed by atoms with Crippen LogP contribution in [0.4, 0.5) is 0 Å². The first-order valence-electron chi connectivity index (χ1n) is 4.28. The zero-order valence-electron chi connectivity index (χ0n) is 8.41. The van der Waals surface area contributed by atoms with E-state index < -0.39 is 0 Å². The van der Waals surface area contributed by atoms with Gasteiger partial charge in [0.05, 0.1) is 0 Å². The molecule has 76 valence electrons. The highest BCUT2D eigenvalue weighted by molar-refractivity contribution is 5.75. The van der Waals surface area contributed by atoms with E-state index in [1.165, 1.54) is 13.0 Å². The second-order valence-electron chi connectivity index (χ2n) is 2.66. The highest BCUT2D eigenvalue weighted by Crippen LogP contribution is 1.99. The first-order chi connectivity index (χ1) is 6.60. The molecule has 14 heavy (non-hydrogen) atoms. The summed E-state index contributed by atoms with van der Waals surface area (Å²) in [5.41, 5.74) is 0.766. The van der Waals surface area contributed by atoms with Crippen LogP contribution in [0.3, 0.4) is 0 Å². The Kier molecular flexibility index (Phi) is 5.94. The monoisotopic (exact) mass is 194 g/mol. The minimum atomic E-state index is -0.154. The van der Waals surface area contributed by atoms with Crippen molar-refractivity contribution < 1.29 is 4.79 Å². The van der Waals surface area contributed by atoms with E-state index >= 15 is 0 Å². The molecule has 0 unspecified atom stereocenters. The second kappa shape index (κ2) is 6.77. The molecule has 0 bridgehead atoms. The van der Waals surface area contributed by atoms with Crippen molar-refractivity contribution >= 4 is 5.91 Å². The largest absolute Gasteiger partial charge is 0.327 e. The average Bonchev–Trinajstić information content (AvgIpc) is 2.13. The Labute approximate surface area is 83.4 Å². The van der Waals surface area contributed by atoms with Crippen molar-refractivity contribution in [2.24, 2.45) is 5.18 Å². The molecule has 0 saturated carbocycles. The van der Waals surface area contributed by atoms with Gasteiger partial charge < -0.3 is 5.32 Å². The standard InChI is InChI=1S/C10H14N2O2/c1-4-5-10(11-9(3)13)7-6-8(2)12-14/h5-7H,2,4H2,1,3H3,(H,11,13)/b7-6-,10-5+. The molecule has 4 heteroatoms. The summed E-state index contributed by atoms with van der Waals surface area (Å²) in [6, 6.07) is 0. The van der Waals surface area contributed by atoms with Crippen molar-refractivity contribution in [3.63, 3.8) is 0 Å². The van der Waals surface area contributed by atoms with E-state index in [0.29, 0.717) is 5.70 Å². The molecule has 0 atom stereocenters. The molecular weight excluding hydrogens is 180 g/mol. The molecule has 0 spiro atoms. The number of carbonyl (C=O) groups excluding carboxylic acids is 1. The number of carbonyl (C=O) groups is 1. The molecule has 0 aromatic carbocycles. The van der Waals surface area contributed by atoms with E-state index in [1.54, 1.807) is 6.08 Å². The van der Waals surface area contributed by atoms with Gasteiger partial charge in [-0.2, -0.15) is 0 Å². The van der Waals surface area contributed by atoms with Crippen LogP contribution in [0, 0.1) is 4.91 Å².